The van der Waals surface area contributed by atoms with E-state index in [0.29, 0.717) is 0 Å². The molecule has 2 fully saturated rings. The molecule has 0 saturated carbocycles. The summed E-state index contributed by atoms with van der Waals surface area (Å²) >= 11 is 1.52. The second-order valence-corrected chi connectivity index (χ2v) is 7.69. The third kappa shape index (κ3) is 6.96. The zero-order chi connectivity index (χ0) is 18.9. The number of piperazine rings is 1. The molecule has 8 nitrogen and oxygen atoms in total. The van der Waals surface area contributed by atoms with E-state index in [-0.39, 0.29) is 24.0 Å². The average molecular weight is 523 g/mol. The van der Waals surface area contributed by atoms with Gasteiger partial charge in [-0.1, -0.05) is 6.92 Å². The molecular weight excluding hydrogens is 489 g/mol. The summed E-state index contributed by atoms with van der Waals surface area (Å²) in [6.45, 7) is 12.0. The van der Waals surface area contributed by atoms with Gasteiger partial charge in [0.25, 0.3) is 0 Å². The zero-order valence-electron chi connectivity index (χ0n) is 17.1. The number of nitrogens with zero attached hydrogens (tertiary/aromatic N) is 6. The number of aryl methyl sites for hydroxylation is 1. The number of halogens is 1. The average Bonchev–Trinajstić information content (AvgIpc) is 3.21. The minimum Gasteiger partial charge on any atom is -0.379 e. The number of anilines is 1. The van der Waals surface area contributed by atoms with Crippen molar-refractivity contribution in [2.24, 2.45) is 4.99 Å². The molecular formula is C18H34IN7OS. The summed E-state index contributed by atoms with van der Waals surface area (Å²) in [7, 11) is 1.88. The van der Waals surface area contributed by atoms with Gasteiger partial charge in [0.2, 0.25) is 5.13 Å². The van der Waals surface area contributed by atoms with Crippen LogP contribution in [-0.2, 0) is 11.2 Å². The zero-order valence-corrected chi connectivity index (χ0v) is 20.2. The van der Waals surface area contributed by atoms with E-state index in [1.807, 2.05) is 7.05 Å². The Balaban J connectivity index is 0.00000280. The van der Waals surface area contributed by atoms with Crippen molar-refractivity contribution in [2.75, 3.05) is 77.5 Å². The summed E-state index contributed by atoms with van der Waals surface area (Å²) in [5.41, 5.74) is 0. The molecule has 0 unspecified atom stereocenters. The number of guanidine groups is 1. The fourth-order valence-corrected chi connectivity index (χ4v) is 4.25. The second kappa shape index (κ2) is 12.8. The second-order valence-electron chi connectivity index (χ2n) is 6.96. The fourth-order valence-electron chi connectivity index (χ4n) is 3.44. The molecule has 2 aliphatic heterocycles. The molecule has 1 aromatic heterocycles. The van der Waals surface area contributed by atoms with Gasteiger partial charge in [-0.2, -0.15) is 4.37 Å². The Bertz CT molecular complexity index is 586. The molecule has 1 aromatic rings. The SMILES string of the molecule is CCc1nsc(N2CCN(C(=NC)NCCCCN3CCOCC3)CC2)n1.I. The molecule has 0 aromatic carbocycles. The van der Waals surface area contributed by atoms with Crippen molar-refractivity contribution >= 4 is 46.6 Å². The van der Waals surface area contributed by atoms with Crippen LogP contribution in [0.15, 0.2) is 4.99 Å². The van der Waals surface area contributed by atoms with Crippen molar-refractivity contribution in [3.63, 3.8) is 0 Å². The van der Waals surface area contributed by atoms with E-state index in [0.717, 1.165) is 82.4 Å². The molecule has 0 radical (unpaired) electrons. The minimum atomic E-state index is 0. The maximum atomic E-state index is 5.40. The predicted octanol–water partition coefficient (Wildman–Crippen LogP) is 1.53. The molecule has 2 saturated heterocycles. The summed E-state index contributed by atoms with van der Waals surface area (Å²) < 4.78 is 9.80. The Hall–Kier alpha value is -0.720. The number of hydrogen-bond donors (Lipinski definition) is 1. The maximum Gasteiger partial charge on any atom is 0.205 e. The molecule has 10 heteroatoms. The highest BCUT2D eigenvalue weighted by atomic mass is 127. The van der Waals surface area contributed by atoms with Crippen LogP contribution in [0.5, 0.6) is 0 Å². The van der Waals surface area contributed by atoms with Crippen LogP contribution in [0.25, 0.3) is 0 Å². The lowest BCUT2D eigenvalue weighted by Gasteiger charge is -2.36. The Labute approximate surface area is 189 Å². The van der Waals surface area contributed by atoms with E-state index in [2.05, 4.69) is 41.3 Å². The first kappa shape index (κ1) is 23.6. The molecule has 1 N–H and O–H groups in total. The molecule has 0 atom stereocenters. The van der Waals surface area contributed by atoms with Crippen LogP contribution < -0.4 is 10.2 Å². The summed E-state index contributed by atoms with van der Waals surface area (Å²) in [6.07, 6.45) is 3.29. The van der Waals surface area contributed by atoms with E-state index in [9.17, 15) is 0 Å². The summed E-state index contributed by atoms with van der Waals surface area (Å²) in [6, 6.07) is 0. The maximum absolute atomic E-state index is 5.40. The summed E-state index contributed by atoms with van der Waals surface area (Å²) in [4.78, 5) is 16.3. The number of morpholine rings is 1. The van der Waals surface area contributed by atoms with Gasteiger partial charge in [0.15, 0.2) is 5.96 Å². The van der Waals surface area contributed by atoms with Crippen molar-refractivity contribution in [3.05, 3.63) is 5.82 Å². The molecule has 3 rings (SSSR count). The first-order chi connectivity index (χ1) is 13.3. The number of hydrogen-bond acceptors (Lipinski definition) is 7. The van der Waals surface area contributed by atoms with Crippen LogP contribution in [0.1, 0.15) is 25.6 Å². The molecule has 0 spiro atoms. The van der Waals surface area contributed by atoms with Crippen molar-refractivity contribution in [3.8, 4) is 0 Å². The quantitative estimate of drug-likeness (QED) is 0.252. The smallest absolute Gasteiger partial charge is 0.205 e. The molecule has 0 aliphatic carbocycles. The van der Waals surface area contributed by atoms with Gasteiger partial charge in [-0.15, -0.1) is 24.0 Å². The molecule has 0 bridgehead atoms. The largest absolute Gasteiger partial charge is 0.379 e. The van der Waals surface area contributed by atoms with Crippen molar-refractivity contribution in [2.45, 2.75) is 26.2 Å². The third-order valence-electron chi connectivity index (χ3n) is 5.12. The molecule has 2 aliphatic rings. The lowest BCUT2D eigenvalue weighted by atomic mass is 10.2. The van der Waals surface area contributed by atoms with E-state index in [1.165, 1.54) is 30.9 Å². The van der Waals surface area contributed by atoms with Gasteiger partial charge >= 0.3 is 0 Å². The monoisotopic (exact) mass is 523 g/mol. The summed E-state index contributed by atoms with van der Waals surface area (Å²) in [5.74, 6) is 1.97. The fraction of sp³-hybridized carbons (Fsp3) is 0.833. The predicted molar refractivity (Wildman–Crippen MR) is 126 cm³/mol. The standard InChI is InChI=1S/C18H33N7OS.HI/c1-3-16-21-18(27-22-16)25-10-8-24(9-11-25)17(19-2)20-6-4-5-7-23-12-14-26-15-13-23;/h3-15H2,1-2H3,(H,19,20);1H. The Morgan fingerprint density at radius 3 is 2.54 bits per heavy atom. The van der Waals surface area contributed by atoms with Gasteiger partial charge in [0.1, 0.15) is 5.82 Å². The summed E-state index contributed by atoms with van der Waals surface area (Å²) in [5, 5.41) is 4.59. The van der Waals surface area contributed by atoms with Crippen LogP contribution >= 0.6 is 35.5 Å². The van der Waals surface area contributed by atoms with Gasteiger partial charge in [-0.25, -0.2) is 4.98 Å². The van der Waals surface area contributed by atoms with E-state index in [4.69, 9.17) is 4.74 Å². The number of aromatic nitrogens is 2. The Morgan fingerprint density at radius 2 is 1.89 bits per heavy atom. The van der Waals surface area contributed by atoms with Gasteiger partial charge in [0, 0.05) is 70.8 Å². The lowest BCUT2D eigenvalue weighted by Crippen LogP contribution is -2.52. The van der Waals surface area contributed by atoms with Gasteiger partial charge in [-0.05, 0) is 19.4 Å². The first-order valence-electron chi connectivity index (χ1n) is 10.1. The van der Waals surface area contributed by atoms with Crippen LogP contribution in [0, 0.1) is 0 Å². The van der Waals surface area contributed by atoms with E-state index < -0.39 is 0 Å². The third-order valence-corrected chi connectivity index (χ3v) is 5.94. The number of nitrogens with one attached hydrogen (secondary N) is 1. The highest BCUT2D eigenvalue weighted by Gasteiger charge is 2.21. The normalized spacial score (nSPS) is 18.9. The molecule has 3 heterocycles. The highest BCUT2D eigenvalue weighted by molar-refractivity contribution is 14.0. The van der Waals surface area contributed by atoms with Crippen LogP contribution in [0.4, 0.5) is 5.13 Å². The number of rotatable bonds is 7. The number of ether oxygens (including phenoxy) is 1. The topological polar surface area (TPSA) is 69.1 Å². The molecule has 0 amide bonds. The van der Waals surface area contributed by atoms with E-state index in [1.54, 1.807) is 0 Å². The van der Waals surface area contributed by atoms with Crippen molar-refractivity contribution < 1.29 is 4.74 Å². The van der Waals surface area contributed by atoms with Gasteiger partial charge in [0.05, 0.1) is 13.2 Å². The van der Waals surface area contributed by atoms with E-state index >= 15 is 0 Å². The molecule has 160 valence electrons. The molecule has 28 heavy (non-hydrogen) atoms. The van der Waals surface area contributed by atoms with Crippen molar-refractivity contribution in [1.29, 1.82) is 0 Å². The van der Waals surface area contributed by atoms with Crippen LogP contribution in [0.3, 0.4) is 0 Å². The van der Waals surface area contributed by atoms with Crippen LogP contribution in [0.2, 0.25) is 0 Å². The van der Waals surface area contributed by atoms with Gasteiger partial charge in [-0.3, -0.25) is 9.89 Å². The Kier molecular flexibility index (Phi) is 10.7. The van der Waals surface area contributed by atoms with Crippen LogP contribution in [-0.4, -0.2) is 97.7 Å². The first-order valence-corrected chi connectivity index (χ1v) is 10.9. The minimum absolute atomic E-state index is 0. The van der Waals surface area contributed by atoms with Crippen molar-refractivity contribution in [1.82, 2.24) is 24.5 Å². The Morgan fingerprint density at radius 1 is 1.14 bits per heavy atom. The number of aliphatic imine (C=N–C) groups is 1. The lowest BCUT2D eigenvalue weighted by molar-refractivity contribution is 0.0372. The highest BCUT2D eigenvalue weighted by Crippen LogP contribution is 2.19. The number of unbranched alkanes of at least 4 members (excludes halogenated alkanes) is 1. The van der Waals surface area contributed by atoms with Gasteiger partial charge < -0.3 is 19.9 Å².